The van der Waals surface area contributed by atoms with Crippen molar-refractivity contribution in [3.8, 4) is 0 Å². The molecule has 0 unspecified atom stereocenters. The molecule has 2 aromatic rings. The van der Waals surface area contributed by atoms with Crippen LogP contribution in [-0.2, 0) is 14.8 Å². The van der Waals surface area contributed by atoms with Crippen LogP contribution in [0.15, 0.2) is 64.4 Å². The maximum Gasteiger partial charge on any atom is 0.446 e. The van der Waals surface area contributed by atoms with Crippen molar-refractivity contribution in [1.29, 1.82) is 0 Å². The topological polar surface area (TPSA) is 75.3 Å². The van der Waals surface area contributed by atoms with Crippen molar-refractivity contribution in [2.75, 3.05) is 12.4 Å². The zero-order valence-electron chi connectivity index (χ0n) is 13.9. The van der Waals surface area contributed by atoms with E-state index in [9.17, 15) is 26.4 Å². The number of carbonyl (C=O) groups excluding carboxylic acids is 1. The quantitative estimate of drug-likeness (QED) is 0.554. The lowest BCUT2D eigenvalue weighted by Crippen LogP contribution is -2.18. The molecule has 0 aliphatic heterocycles. The number of alkyl halides is 3. The van der Waals surface area contributed by atoms with Gasteiger partial charge in [-0.1, -0.05) is 18.2 Å². The summed E-state index contributed by atoms with van der Waals surface area (Å²) in [4.78, 5) is 12.0. The predicted molar refractivity (Wildman–Crippen MR) is 98.7 cm³/mol. The Kier molecular flexibility index (Phi) is 6.68. The minimum atomic E-state index is -4.35. The number of rotatable bonds is 6. The molecular formula is C17H15F3N2O3S2. The number of thioether (sulfide) groups is 1. The van der Waals surface area contributed by atoms with Gasteiger partial charge in [0, 0.05) is 16.7 Å². The molecule has 0 fully saturated rings. The smallest absolute Gasteiger partial charge is 0.322 e. The summed E-state index contributed by atoms with van der Waals surface area (Å²) in [5, 5.41) is 2.52. The molecule has 10 heteroatoms. The zero-order valence-corrected chi connectivity index (χ0v) is 15.6. The zero-order chi connectivity index (χ0) is 20.1. The number of hydrogen-bond donors (Lipinski definition) is 2. The highest BCUT2D eigenvalue weighted by Gasteiger charge is 2.28. The first-order chi connectivity index (χ1) is 12.6. The lowest BCUT2D eigenvalue weighted by molar-refractivity contribution is -0.111. The molecular weight excluding hydrogens is 401 g/mol. The second-order valence-electron chi connectivity index (χ2n) is 5.17. The first kappa shape index (κ1) is 21.0. The van der Waals surface area contributed by atoms with Gasteiger partial charge in [0.1, 0.15) is 0 Å². The fourth-order valence-electron chi connectivity index (χ4n) is 2.00. The molecule has 0 saturated heterocycles. The normalized spacial score (nSPS) is 12.3. The van der Waals surface area contributed by atoms with Crippen molar-refractivity contribution >= 4 is 39.5 Å². The fraction of sp³-hybridized carbons (Fsp3) is 0.118. The van der Waals surface area contributed by atoms with Gasteiger partial charge in [-0.3, -0.25) is 4.79 Å². The summed E-state index contributed by atoms with van der Waals surface area (Å²) in [6.07, 6.45) is 2.64. The van der Waals surface area contributed by atoms with Crippen molar-refractivity contribution in [2.45, 2.75) is 15.3 Å². The first-order valence-electron chi connectivity index (χ1n) is 7.47. The van der Waals surface area contributed by atoms with E-state index < -0.39 is 21.4 Å². The number of nitrogens with one attached hydrogen (secondary N) is 2. The molecule has 0 spiro atoms. The van der Waals surface area contributed by atoms with Crippen molar-refractivity contribution in [3.63, 3.8) is 0 Å². The summed E-state index contributed by atoms with van der Waals surface area (Å²) < 4.78 is 62.5. The Morgan fingerprint density at radius 2 is 1.78 bits per heavy atom. The molecule has 5 nitrogen and oxygen atoms in total. The van der Waals surface area contributed by atoms with E-state index in [0.717, 1.165) is 0 Å². The predicted octanol–water partition coefficient (Wildman–Crippen LogP) is 3.86. The van der Waals surface area contributed by atoms with Crippen LogP contribution in [0.25, 0.3) is 6.08 Å². The number of benzene rings is 2. The van der Waals surface area contributed by atoms with Crippen molar-refractivity contribution in [1.82, 2.24) is 4.72 Å². The maximum absolute atomic E-state index is 12.3. The molecule has 27 heavy (non-hydrogen) atoms. The molecule has 0 aliphatic carbocycles. The third-order valence-corrected chi connectivity index (χ3v) is 5.37. The van der Waals surface area contributed by atoms with Crippen LogP contribution in [0, 0.1) is 0 Å². The molecule has 2 rings (SSSR count). The van der Waals surface area contributed by atoms with Gasteiger partial charge in [0.25, 0.3) is 0 Å². The Morgan fingerprint density at radius 1 is 1.11 bits per heavy atom. The van der Waals surface area contributed by atoms with Crippen LogP contribution < -0.4 is 10.0 Å². The molecule has 0 atom stereocenters. The van der Waals surface area contributed by atoms with E-state index >= 15 is 0 Å². The van der Waals surface area contributed by atoms with Crippen LogP contribution in [0.1, 0.15) is 5.56 Å². The number of anilines is 1. The van der Waals surface area contributed by atoms with E-state index in [0.29, 0.717) is 5.56 Å². The van der Waals surface area contributed by atoms with Crippen molar-refractivity contribution < 1.29 is 26.4 Å². The van der Waals surface area contributed by atoms with Crippen LogP contribution in [-0.4, -0.2) is 26.9 Å². The molecule has 2 aromatic carbocycles. The highest BCUT2D eigenvalue weighted by molar-refractivity contribution is 8.00. The molecule has 0 aliphatic rings. The monoisotopic (exact) mass is 416 g/mol. The molecule has 2 N–H and O–H groups in total. The standard InChI is InChI=1S/C17H15F3N2O3S2/c1-21-27(24,25)15-4-2-3-13(11-15)22-16(23)10-7-12-5-8-14(9-6-12)26-17(18,19)20/h2-11,21H,1H3,(H,22,23)/b10-7+. The summed E-state index contributed by atoms with van der Waals surface area (Å²) in [6, 6.07) is 11.2. The number of halogens is 3. The lowest BCUT2D eigenvalue weighted by atomic mass is 10.2. The van der Waals surface area contributed by atoms with E-state index in [1.54, 1.807) is 0 Å². The van der Waals surface area contributed by atoms with Crippen LogP contribution in [0.5, 0.6) is 0 Å². The van der Waals surface area contributed by atoms with E-state index in [1.165, 1.54) is 67.7 Å². The summed E-state index contributed by atoms with van der Waals surface area (Å²) >= 11 is -0.217. The van der Waals surface area contributed by atoms with Crippen LogP contribution in [0.2, 0.25) is 0 Å². The van der Waals surface area contributed by atoms with Crippen molar-refractivity contribution in [3.05, 3.63) is 60.2 Å². The highest BCUT2D eigenvalue weighted by Crippen LogP contribution is 2.36. The summed E-state index contributed by atoms with van der Waals surface area (Å²) in [5.41, 5.74) is -3.52. The third kappa shape index (κ3) is 6.74. The minimum absolute atomic E-state index is 0.00420. The number of carbonyl (C=O) groups is 1. The molecule has 0 aromatic heterocycles. The Bertz CT molecular complexity index is 941. The molecule has 0 bridgehead atoms. The molecule has 0 heterocycles. The van der Waals surface area contributed by atoms with Gasteiger partial charge in [-0.25, -0.2) is 13.1 Å². The lowest BCUT2D eigenvalue weighted by Gasteiger charge is -2.06. The van der Waals surface area contributed by atoms with Gasteiger partial charge < -0.3 is 5.32 Å². The van der Waals surface area contributed by atoms with E-state index in [1.807, 2.05) is 0 Å². The van der Waals surface area contributed by atoms with Crippen molar-refractivity contribution in [2.24, 2.45) is 0 Å². The Morgan fingerprint density at radius 3 is 2.37 bits per heavy atom. The van der Waals surface area contributed by atoms with E-state index in [2.05, 4.69) is 10.0 Å². The number of amides is 1. The average molecular weight is 416 g/mol. The number of sulfonamides is 1. The van der Waals surface area contributed by atoms with Gasteiger partial charge in [0.05, 0.1) is 4.90 Å². The van der Waals surface area contributed by atoms with Gasteiger partial charge >= 0.3 is 5.51 Å². The second-order valence-corrected chi connectivity index (χ2v) is 8.20. The largest absolute Gasteiger partial charge is 0.446 e. The average Bonchev–Trinajstić information content (AvgIpc) is 2.60. The Balaban J connectivity index is 2.02. The minimum Gasteiger partial charge on any atom is -0.322 e. The number of hydrogen-bond acceptors (Lipinski definition) is 4. The Hall–Kier alpha value is -2.30. The highest BCUT2D eigenvalue weighted by atomic mass is 32.2. The Labute approximate surface area is 158 Å². The molecule has 0 radical (unpaired) electrons. The van der Waals surface area contributed by atoms with Crippen LogP contribution >= 0.6 is 11.8 Å². The molecule has 1 amide bonds. The van der Waals surface area contributed by atoms with Gasteiger partial charge in [-0.05, 0) is 60.8 Å². The summed E-state index contributed by atoms with van der Waals surface area (Å²) in [6.45, 7) is 0. The van der Waals surface area contributed by atoms with E-state index in [4.69, 9.17) is 0 Å². The van der Waals surface area contributed by atoms with Gasteiger partial charge in [0.2, 0.25) is 15.9 Å². The fourth-order valence-corrected chi connectivity index (χ4v) is 3.31. The summed E-state index contributed by atoms with van der Waals surface area (Å²) in [5.74, 6) is -0.511. The molecule has 0 saturated carbocycles. The van der Waals surface area contributed by atoms with Crippen LogP contribution in [0.4, 0.5) is 18.9 Å². The van der Waals surface area contributed by atoms with Gasteiger partial charge in [-0.15, -0.1) is 0 Å². The second kappa shape index (κ2) is 8.59. The third-order valence-electron chi connectivity index (χ3n) is 3.22. The SMILES string of the molecule is CNS(=O)(=O)c1cccc(NC(=O)/C=C/c2ccc(SC(F)(F)F)cc2)c1. The van der Waals surface area contributed by atoms with E-state index in [-0.39, 0.29) is 27.2 Å². The van der Waals surface area contributed by atoms with Gasteiger partial charge in [-0.2, -0.15) is 13.2 Å². The first-order valence-corrected chi connectivity index (χ1v) is 9.77. The maximum atomic E-state index is 12.3. The summed E-state index contributed by atoms with van der Waals surface area (Å²) in [7, 11) is -2.35. The van der Waals surface area contributed by atoms with Gasteiger partial charge in [0.15, 0.2) is 0 Å². The van der Waals surface area contributed by atoms with Crippen LogP contribution in [0.3, 0.4) is 0 Å². The molecule has 144 valence electrons.